The molecule has 2 atom stereocenters. The fourth-order valence-electron chi connectivity index (χ4n) is 3.84. The molecule has 3 aromatic rings. The van der Waals surface area contributed by atoms with Crippen molar-refractivity contribution in [2.75, 3.05) is 11.9 Å². The van der Waals surface area contributed by atoms with Gasteiger partial charge >= 0.3 is 0 Å². The lowest BCUT2D eigenvalue weighted by molar-refractivity contribution is -0.129. The first-order valence-corrected chi connectivity index (χ1v) is 10.5. The summed E-state index contributed by atoms with van der Waals surface area (Å²) in [5.74, 6) is 1.02. The van der Waals surface area contributed by atoms with E-state index in [0.29, 0.717) is 18.0 Å². The summed E-state index contributed by atoms with van der Waals surface area (Å²) in [6, 6.07) is 24.9. The molecule has 0 aromatic heterocycles. The highest BCUT2D eigenvalue weighted by Gasteiger charge is 2.37. The Morgan fingerprint density at radius 1 is 1.00 bits per heavy atom. The van der Waals surface area contributed by atoms with E-state index in [1.807, 2.05) is 92.7 Å². The van der Waals surface area contributed by atoms with E-state index in [-0.39, 0.29) is 30.2 Å². The number of hydrogen-bond donors (Lipinski definition) is 1. The number of nitrogens with zero attached hydrogens (tertiary/aromatic N) is 1. The van der Waals surface area contributed by atoms with Gasteiger partial charge in [-0.1, -0.05) is 48.5 Å². The number of rotatable bonds is 6. The van der Waals surface area contributed by atoms with Crippen LogP contribution in [0.2, 0.25) is 0 Å². The maximum atomic E-state index is 12.8. The Morgan fingerprint density at radius 2 is 1.68 bits per heavy atom. The van der Waals surface area contributed by atoms with E-state index in [4.69, 9.17) is 4.74 Å². The average molecular weight is 415 g/mol. The number of carbonyl (C=O) groups is 2. The largest absolute Gasteiger partial charge is 0.457 e. The van der Waals surface area contributed by atoms with Crippen molar-refractivity contribution >= 4 is 17.5 Å². The number of hydrogen-bond acceptors (Lipinski definition) is 3. The molecule has 0 radical (unpaired) electrons. The second-order valence-corrected chi connectivity index (χ2v) is 7.91. The monoisotopic (exact) mass is 414 g/mol. The summed E-state index contributed by atoms with van der Waals surface area (Å²) >= 11 is 0. The number of anilines is 1. The van der Waals surface area contributed by atoms with Crippen LogP contribution in [0.5, 0.6) is 11.5 Å². The third-order valence-electron chi connectivity index (χ3n) is 5.72. The maximum Gasteiger partial charge on any atom is 0.229 e. The van der Waals surface area contributed by atoms with Gasteiger partial charge in [0.15, 0.2) is 0 Å². The molecule has 0 unspecified atom stereocenters. The molecule has 0 spiro atoms. The number of ether oxygens (including phenoxy) is 1. The smallest absolute Gasteiger partial charge is 0.229 e. The first-order valence-electron chi connectivity index (χ1n) is 10.5. The molecular weight excluding hydrogens is 388 g/mol. The SMILES string of the molecule is Cc1ccccc1Oc1ccc(NC(=O)[C@H]2CC(=O)N([C@@H](C)c3ccccc3)C2)cc1. The zero-order valence-corrected chi connectivity index (χ0v) is 17.7. The zero-order valence-electron chi connectivity index (χ0n) is 17.7. The minimum Gasteiger partial charge on any atom is -0.457 e. The minimum absolute atomic E-state index is 0.0125. The van der Waals surface area contributed by atoms with E-state index in [1.54, 1.807) is 4.90 Å². The summed E-state index contributed by atoms with van der Waals surface area (Å²) in [6.07, 6.45) is 0.234. The molecule has 0 saturated carbocycles. The van der Waals surface area contributed by atoms with Gasteiger partial charge in [0.2, 0.25) is 11.8 Å². The molecule has 4 rings (SSSR count). The van der Waals surface area contributed by atoms with Crippen molar-refractivity contribution in [2.24, 2.45) is 5.92 Å². The van der Waals surface area contributed by atoms with Crippen LogP contribution < -0.4 is 10.1 Å². The van der Waals surface area contributed by atoms with Crippen LogP contribution in [-0.4, -0.2) is 23.3 Å². The molecule has 1 fully saturated rings. The van der Waals surface area contributed by atoms with Gasteiger partial charge in [-0.15, -0.1) is 0 Å². The van der Waals surface area contributed by atoms with E-state index >= 15 is 0 Å². The second-order valence-electron chi connectivity index (χ2n) is 7.91. The fourth-order valence-corrected chi connectivity index (χ4v) is 3.84. The zero-order chi connectivity index (χ0) is 21.8. The maximum absolute atomic E-state index is 12.8. The summed E-state index contributed by atoms with van der Waals surface area (Å²) in [6.45, 7) is 4.42. The van der Waals surface area contributed by atoms with Crippen LogP contribution in [0.25, 0.3) is 0 Å². The normalized spacial score (nSPS) is 16.8. The second kappa shape index (κ2) is 9.04. The van der Waals surface area contributed by atoms with E-state index < -0.39 is 0 Å². The molecule has 1 saturated heterocycles. The minimum atomic E-state index is -0.360. The summed E-state index contributed by atoms with van der Waals surface area (Å²) in [5.41, 5.74) is 2.81. The summed E-state index contributed by atoms with van der Waals surface area (Å²) < 4.78 is 5.90. The first-order chi connectivity index (χ1) is 15.0. The predicted octanol–water partition coefficient (Wildman–Crippen LogP) is 5.34. The Hall–Kier alpha value is -3.60. The molecule has 1 heterocycles. The van der Waals surface area contributed by atoms with Crippen molar-refractivity contribution in [1.82, 2.24) is 4.90 Å². The van der Waals surface area contributed by atoms with Gasteiger partial charge in [0.05, 0.1) is 12.0 Å². The van der Waals surface area contributed by atoms with Crippen LogP contribution in [0.1, 0.15) is 30.5 Å². The van der Waals surface area contributed by atoms with Gasteiger partial charge in [0, 0.05) is 18.7 Å². The third kappa shape index (κ3) is 4.77. The lowest BCUT2D eigenvalue weighted by Crippen LogP contribution is -2.30. The number of benzene rings is 3. The van der Waals surface area contributed by atoms with Gasteiger partial charge in [0.25, 0.3) is 0 Å². The quantitative estimate of drug-likeness (QED) is 0.593. The van der Waals surface area contributed by atoms with Crippen molar-refractivity contribution < 1.29 is 14.3 Å². The average Bonchev–Trinajstić information content (AvgIpc) is 3.18. The molecule has 1 aliphatic rings. The first kappa shape index (κ1) is 20.7. The Bertz CT molecular complexity index is 1060. The van der Waals surface area contributed by atoms with E-state index in [2.05, 4.69) is 5.32 Å². The third-order valence-corrected chi connectivity index (χ3v) is 5.72. The highest BCUT2D eigenvalue weighted by Crippen LogP contribution is 2.30. The Balaban J connectivity index is 1.36. The van der Waals surface area contributed by atoms with Crippen LogP contribution >= 0.6 is 0 Å². The summed E-state index contributed by atoms with van der Waals surface area (Å²) in [4.78, 5) is 27.1. The van der Waals surface area contributed by atoms with Crippen molar-refractivity contribution in [3.63, 3.8) is 0 Å². The van der Waals surface area contributed by atoms with Crippen LogP contribution in [0, 0.1) is 12.8 Å². The summed E-state index contributed by atoms with van der Waals surface area (Å²) in [7, 11) is 0. The van der Waals surface area contributed by atoms with Crippen molar-refractivity contribution in [3.8, 4) is 11.5 Å². The molecule has 0 bridgehead atoms. The van der Waals surface area contributed by atoms with Crippen molar-refractivity contribution in [2.45, 2.75) is 26.3 Å². The molecule has 1 aliphatic heterocycles. The highest BCUT2D eigenvalue weighted by atomic mass is 16.5. The molecule has 5 nitrogen and oxygen atoms in total. The molecule has 31 heavy (non-hydrogen) atoms. The number of carbonyl (C=O) groups excluding carboxylic acids is 2. The van der Waals surface area contributed by atoms with Gasteiger partial charge < -0.3 is 15.0 Å². The summed E-state index contributed by atoms with van der Waals surface area (Å²) in [5, 5.41) is 2.93. The molecule has 0 aliphatic carbocycles. The Labute approximate surface area is 182 Å². The van der Waals surface area contributed by atoms with E-state index in [1.165, 1.54) is 0 Å². The van der Waals surface area contributed by atoms with Crippen LogP contribution in [0.15, 0.2) is 78.9 Å². The lowest BCUT2D eigenvalue weighted by Gasteiger charge is -2.25. The fraction of sp³-hybridized carbons (Fsp3) is 0.231. The van der Waals surface area contributed by atoms with Gasteiger partial charge in [-0.05, 0) is 55.3 Å². The molecule has 5 heteroatoms. The Kier molecular flexibility index (Phi) is 6.03. The highest BCUT2D eigenvalue weighted by molar-refractivity contribution is 5.97. The van der Waals surface area contributed by atoms with E-state index in [9.17, 15) is 9.59 Å². The topological polar surface area (TPSA) is 58.6 Å². The van der Waals surface area contributed by atoms with Crippen molar-refractivity contribution in [1.29, 1.82) is 0 Å². The van der Waals surface area contributed by atoms with Crippen molar-refractivity contribution in [3.05, 3.63) is 90.0 Å². The van der Waals surface area contributed by atoms with Gasteiger partial charge in [0.1, 0.15) is 11.5 Å². The van der Waals surface area contributed by atoms with Crippen LogP contribution in [0.4, 0.5) is 5.69 Å². The number of nitrogens with one attached hydrogen (secondary N) is 1. The Morgan fingerprint density at radius 3 is 2.39 bits per heavy atom. The molecule has 3 aromatic carbocycles. The molecular formula is C26H26N2O3. The van der Waals surface area contributed by atoms with Crippen LogP contribution in [0.3, 0.4) is 0 Å². The van der Waals surface area contributed by atoms with Crippen LogP contribution in [-0.2, 0) is 9.59 Å². The molecule has 2 amide bonds. The van der Waals surface area contributed by atoms with Gasteiger partial charge in [-0.3, -0.25) is 9.59 Å². The van der Waals surface area contributed by atoms with E-state index in [0.717, 1.165) is 16.9 Å². The number of aryl methyl sites for hydroxylation is 1. The number of para-hydroxylation sites is 1. The molecule has 158 valence electrons. The standard InChI is InChI=1S/C26H26N2O3/c1-18-8-6-7-11-24(18)31-23-14-12-22(13-15-23)27-26(30)21-16-25(29)28(17-21)19(2)20-9-4-3-5-10-20/h3-15,19,21H,16-17H2,1-2H3,(H,27,30)/t19-,21-/m0/s1. The van der Waals surface area contributed by atoms with Gasteiger partial charge in [-0.2, -0.15) is 0 Å². The van der Waals surface area contributed by atoms with Gasteiger partial charge in [-0.25, -0.2) is 0 Å². The molecule has 1 N–H and O–H groups in total. The lowest BCUT2D eigenvalue weighted by atomic mass is 10.1. The number of likely N-dealkylation sites (tertiary alicyclic amines) is 1. The number of amides is 2. The predicted molar refractivity (Wildman–Crippen MR) is 121 cm³/mol.